The van der Waals surface area contributed by atoms with E-state index in [0.29, 0.717) is 23.0 Å². The lowest BCUT2D eigenvalue weighted by atomic mass is 10.2. The Morgan fingerprint density at radius 2 is 1.57 bits per heavy atom. The quantitative estimate of drug-likeness (QED) is 0.709. The summed E-state index contributed by atoms with van der Waals surface area (Å²) in [7, 11) is 1.85. The lowest BCUT2D eigenvalue weighted by Crippen LogP contribution is -2.19. The van der Waals surface area contributed by atoms with Crippen LogP contribution < -0.4 is 15.5 Å². The smallest absolute Gasteiger partial charge is 0.274 e. The zero-order valence-corrected chi connectivity index (χ0v) is 15.9. The van der Waals surface area contributed by atoms with Crippen molar-refractivity contribution in [2.75, 3.05) is 22.6 Å². The Kier molecular flexibility index (Phi) is 5.64. The normalized spacial score (nSPS) is 10.2. The van der Waals surface area contributed by atoms with Crippen LogP contribution in [0.1, 0.15) is 23.1 Å². The summed E-state index contributed by atoms with van der Waals surface area (Å²) in [6.45, 7) is 3.25. The summed E-state index contributed by atoms with van der Waals surface area (Å²) in [5.74, 6) is -0.0972. The molecule has 0 saturated heterocycles. The van der Waals surface area contributed by atoms with Gasteiger partial charge in [-0.25, -0.2) is 9.97 Å². The minimum absolute atomic E-state index is 0.177. The molecule has 1 heterocycles. The van der Waals surface area contributed by atoms with Crippen molar-refractivity contribution in [2.24, 2.45) is 0 Å². The Morgan fingerprint density at radius 3 is 2.25 bits per heavy atom. The molecule has 0 aliphatic heterocycles. The number of para-hydroxylation sites is 1. The van der Waals surface area contributed by atoms with E-state index in [2.05, 4.69) is 20.6 Å². The van der Waals surface area contributed by atoms with Crippen molar-refractivity contribution in [1.82, 2.24) is 9.97 Å². The van der Waals surface area contributed by atoms with E-state index in [1.165, 1.54) is 6.92 Å². The number of amides is 2. The number of benzene rings is 2. The molecule has 3 rings (SSSR count). The van der Waals surface area contributed by atoms with Crippen LogP contribution in [0.15, 0.2) is 60.7 Å². The highest BCUT2D eigenvalue weighted by Crippen LogP contribution is 2.21. The number of anilines is 4. The molecule has 1 aromatic heterocycles. The van der Waals surface area contributed by atoms with E-state index in [1.807, 2.05) is 49.2 Å². The van der Waals surface area contributed by atoms with Gasteiger partial charge < -0.3 is 15.5 Å². The monoisotopic (exact) mass is 375 g/mol. The zero-order valence-electron chi connectivity index (χ0n) is 15.9. The van der Waals surface area contributed by atoms with Gasteiger partial charge in [0.15, 0.2) is 0 Å². The molecule has 0 bridgehead atoms. The largest absolute Gasteiger partial charge is 0.326 e. The van der Waals surface area contributed by atoms with E-state index in [-0.39, 0.29) is 17.5 Å². The Labute approximate surface area is 163 Å². The lowest BCUT2D eigenvalue weighted by Gasteiger charge is -2.18. The molecule has 142 valence electrons. The number of hydrogen-bond donors (Lipinski definition) is 2. The van der Waals surface area contributed by atoms with Crippen LogP contribution in [0, 0.1) is 6.92 Å². The first-order chi connectivity index (χ1) is 13.4. The molecule has 0 aliphatic carbocycles. The first-order valence-corrected chi connectivity index (χ1v) is 8.76. The summed E-state index contributed by atoms with van der Waals surface area (Å²) < 4.78 is 0. The van der Waals surface area contributed by atoms with Gasteiger partial charge in [-0.1, -0.05) is 24.3 Å². The number of hydrogen-bond acceptors (Lipinski definition) is 5. The summed E-state index contributed by atoms with van der Waals surface area (Å²) >= 11 is 0. The van der Waals surface area contributed by atoms with Gasteiger partial charge in [0.2, 0.25) is 11.9 Å². The van der Waals surface area contributed by atoms with Gasteiger partial charge in [0.25, 0.3) is 5.91 Å². The van der Waals surface area contributed by atoms with E-state index >= 15 is 0 Å². The SMILES string of the molecule is CC(=O)Nc1cccc(NC(=O)c2cc(C)nc(N(C)c3ccccc3)n2)c1. The number of carbonyl (C=O) groups excluding carboxylic acids is 2. The average Bonchev–Trinajstić information content (AvgIpc) is 2.67. The van der Waals surface area contributed by atoms with Crippen molar-refractivity contribution in [1.29, 1.82) is 0 Å². The summed E-state index contributed by atoms with van der Waals surface area (Å²) in [4.78, 5) is 34.6. The van der Waals surface area contributed by atoms with E-state index in [9.17, 15) is 9.59 Å². The summed E-state index contributed by atoms with van der Waals surface area (Å²) in [6.07, 6.45) is 0. The van der Waals surface area contributed by atoms with Gasteiger partial charge in [0.1, 0.15) is 5.69 Å². The molecule has 0 spiro atoms. The standard InChI is InChI=1S/C21H21N5O2/c1-14-12-19(25-21(22-14)26(3)18-10-5-4-6-11-18)20(28)24-17-9-7-8-16(13-17)23-15(2)27/h4-13H,1-3H3,(H,23,27)(H,24,28). The predicted octanol–water partition coefficient (Wildman–Crippen LogP) is 3.76. The van der Waals surface area contributed by atoms with Gasteiger partial charge in [0.05, 0.1) is 0 Å². The molecule has 2 aromatic carbocycles. The second-order valence-electron chi connectivity index (χ2n) is 6.31. The van der Waals surface area contributed by atoms with Crippen LogP contribution in [0.2, 0.25) is 0 Å². The van der Waals surface area contributed by atoms with Crippen molar-refractivity contribution in [3.8, 4) is 0 Å². The molecular weight excluding hydrogens is 354 g/mol. The first-order valence-electron chi connectivity index (χ1n) is 8.76. The molecule has 7 heteroatoms. The fourth-order valence-electron chi connectivity index (χ4n) is 2.66. The van der Waals surface area contributed by atoms with Gasteiger partial charge in [-0.05, 0) is 43.3 Å². The zero-order chi connectivity index (χ0) is 20.1. The third kappa shape index (κ3) is 4.70. The molecule has 0 saturated carbocycles. The molecule has 7 nitrogen and oxygen atoms in total. The highest BCUT2D eigenvalue weighted by atomic mass is 16.2. The van der Waals surface area contributed by atoms with Crippen LogP contribution >= 0.6 is 0 Å². The highest BCUT2D eigenvalue weighted by molar-refractivity contribution is 6.03. The van der Waals surface area contributed by atoms with Gasteiger partial charge in [0, 0.05) is 36.7 Å². The number of aryl methyl sites for hydroxylation is 1. The predicted molar refractivity (Wildman–Crippen MR) is 110 cm³/mol. The fraction of sp³-hybridized carbons (Fsp3) is 0.143. The van der Waals surface area contributed by atoms with E-state index in [0.717, 1.165) is 5.69 Å². The molecule has 2 N–H and O–H groups in total. The minimum Gasteiger partial charge on any atom is -0.326 e. The minimum atomic E-state index is -0.354. The number of nitrogens with zero attached hydrogens (tertiary/aromatic N) is 3. The molecule has 0 unspecified atom stereocenters. The van der Waals surface area contributed by atoms with Crippen LogP contribution in [0.3, 0.4) is 0 Å². The molecule has 2 amide bonds. The second kappa shape index (κ2) is 8.30. The maximum atomic E-state index is 12.7. The Balaban J connectivity index is 1.83. The van der Waals surface area contributed by atoms with Crippen molar-refractivity contribution in [3.63, 3.8) is 0 Å². The fourth-order valence-corrected chi connectivity index (χ4v) is 2.66. The molecule has 0 fully saturated rings. The van der Waals surface area contributed by atoms with E-state index in [1.54, 1.807) is 30.3 Å². The topological polar surface area (TPSA) is 87.2 Å². The van der Waals surface area contributed by atoms with Gasteiger partial charge in [-0.2, -0.15) is 0 Å². The summed E-state index contributed by atoms with van der Waals surface area (Å²) in [6, 6.07) is 18.2. The van der Waals surface area contributed by atoms with Crippen LogP contribution in [0.25, 0.3) is 0 Å². The molecule has 0 radical (unpaired) electrons. The number of nitrogens with one attached hydrogen (secondary N) is 2. The number of rotatable bonds is 5. The Hall–Kier alpha value is -3.74. The second-order valence-corrected chi connectivity index (χ2v) is 6.31. The van der Waals surface area contributed by atoms with Gasteiger partial charge in [-0.15, -0.1) is 0 Å². The Bertz CT molecular complexity index is 1000. The maximum absolute atomic E-state index is 12.7. The third-order valence-electron chi connectivity index (χ3n) is 3.96. The summed E-state index contributed by atoms with van der Waals surface area (Å²) in [5, 5.41) is 5.49. The average molecular weight is 375 g/mol. The molecule has 0 atom stereocenters. The van der Waals surface area contributed by atoms with Crippen LogP contribution in [0.5, 0.6) is 0 Å². The molecule has 28 heavy (non-hydrogen) atoms. The van der Waals surface area contributed by atoms with Crippen LogP contribution in [0.4, 0.5) is 23.0 Å². The first kappa shape index (κ1) is 19.0. The maximum Gasteiger partial charge on any atom is 0.274 e. The van der Waals surface area contributed by atoms with Crippen LogP contribution in [-0.4, -0.2) is 28.8 Å². The molecule has 0 aliphatic rings. The van der Waals surface area contributed by atoms with Crippen molar-refractivity contribution in [2.45, 2.75) is 13.8 Å². The van der Waals surface area contributed by atoms with Crippen LogP contribution in [-0.2, 0) is 4.79 Å². The summed E-state index contributed by atoms with van der Waals surface area (Å²) in [5.41, 5.74) is 3.03. The lowest BCUT2D eigenvalue weighted by molar-refractivity contribution is -0.114. The number of aromatic nitrogens is 2. The number of carbonyl (C=O) groups is 2. The van der Waals surface area contributed by atoms with Crippen molar-refractivity contribution in [3.05, 3.63) is 72.1 Å². The highest BCUT2D eigenvalue weighted by Gasteiger charge is 2.14. The Morgan fingerprint density at radius 1 is 0.893 bits per heavy atom. The van der Waals surface area contributed by atoms with Gasteiger partial charge in [-0.3, -0.25) is 9.59 Å². The third-order valence-corrected chi connectivity index (χ3v) is 3.96. The van der Waals surface area contributed by atoms with E-state index < -0.39 is 0 Å². The molecule has 3 aromatic rings. The van der Waals surface area contributed by atoms with Crippen molar-refractivity contribution >= 4 is 34.8 Å². The molecular formula is C21H21N5O2. The van der Waals surface area contributed by atoms with Gasteiger partial charge >= 0.3 is 0 Å². The van der Waals surface area contributed by atoms with E-state index in [4.69, 9.17) is 0 Å². The van der Waals surface area contributed by atoms with Crippen molar-refractivity contribution < 1.29 is 9.59 Å².